The number of nitrogens with zero attached hydrogens (tertiary/aromatic N) is 4. The molecule has 0 radical (unpaired) electrons. The van der Waals surface area contributed by atoms with Crippen molar-refractivity contribution in [1.29, 1.82) is 5.16 Å². The number of hydrogen-bond acceptors (Lipinski definition) is 18. The second-order valence-corrected chi connectivity index (χ2v) is 11.8. The van der Waals surface area contributed by atoms with Gasteiger partial charge in [-0.2, -0.15) is 9.90 Å². The highest BCUT2D eigenvalue weighted by atomic mass is 127. The molecule has 0 aromatic heterocycles. The van der Waals surface area contributed by atoms with E-state index in [0.29, 0.717) is 6.02 Å². The summed E-state index contributed by atoms with van der Waals surface area (Å²) in [5.41, 5.74) is 1.02. The Kier molecular flexibility index (Phi) is 76.8. The maximum absolute atomic E-state index is 11.1. The number of nitrogens with one attached hydrogen (secondary N) is 1. The molecule has 2 aliphatic rings. The van der Waals surface area contributed by atoms with E-state index in [4.69, 9.17) is 82.6 Å². The van der Waals surface area contributed by atoms with Crippen LogP contribution in [0.2, 0.25) is 0 Å². The molecule has 4 amide bonds. The third kappa shape index (κ3) is 40.8. The van der Waals surface area contributed by atoms with Crippen LogP contribution >= 0.6 is 138 Å². The molecule has 25 nitrogen and oxygen atoms in total. The predicted octanol–water partition coefficient (Wildman–Crippen LogP) is 7.83. The molecular formula is C16H21I3N5O20P9. The van der Waals surface area contributed by atoms with Crippen LogP contribution in [0.5, 0.6) is 0 Å². The normalized spacial score (nSPS) is 10.8. The van der Waals surface area contributed by atoms with Crippen molar-refractivity contribution in [3.63, 3.8) is 0 Å². The minimum Gasteiger partial charge on any atom is -0.310 e. The van der Waals surface area contributed by atoms with Crippen molar-refractivity contribution >= 4 is 162 Å². The Bertz CT molecular complexity index is 1180. The van der Waals surface area contributed by atoms with Gasteiger partial charge in [0.1, 0.15) is 12.7 Å². The lowest BCUT2D eigenvalue weighted by molar-refractivity contribution is -0.0330. The molecule has 53 heavy (non-hydrogen) atoms. The van der Waals surface area contributed by atoms with Crippen molar-refractivity contribution in [2.45, 2.75) is 0 Å². The largest absolute Gasteiger partial charge is 0.324 e. The number of fused-ring (bicyclic) bond motifs is 2. The molecule has 0 saturated heterocycles. The SMILES string of the molecule is N=PI.O=C1c2ccccc2C(=O)N1O.O=C1c2ccccc2C(=O)N1O.O=NPI.O=NPI.O=O.O=PO.O=PO.O=PO.O=PO.O=PO.P. The van der Waals surface area contributed by atoms with Gasteiger partial charge in [-0.3, -0.25) is 34.8 Å². The van der Waals surface area contributed by atoms with Gasteiger partial charge >= 0.3 is 43.4 Å². The molecule has 296 valence electrons. The van der Waals surface area contributed by atoms with Gasteiger partial charge in [-0.05, 0) is 78.2 Å². The standard InChI is InChI=1S/2C8H5NO3.2HINOP.HINP.5HO2P.O2.H3P/c2*10-7-5-3-1-2-4-6(5)8(11)9(7)12;2*1-4-2-3;6*1-3-2;1-2;/h2*1-4,12H;2*4H;2H;5*(H,1,2);;1H3. The van der Waals surface area contributed by atoms with Crippen LogP contribution in [0, 0.1) is 24.9 Å². The minimum absolute atomic E-state index is 0. The summed E-state index contributed by atoms with van der Waals surface area (Å²) in [6.45, 7) is 0. The molecular weight excluding hydrogens is 1240 g/mol. The van der Waals surface area contributed by atoms with Crippen LogP contribution in [-0.4, -0.2) is 68.6 Å². The molecule has 2 heterocycles. The second-order valence-electron chi connectivity index (χ2n) is 5.78. The van der Waals surface area contributed by atoms with Gasteiger partial charge in [0.05, 0.1) is 28.3 Å². The fraction of sp³-hybridized carbons (Fsp3) is 0. The van der Waals surface area contributed by atoms with Crippen molar-refractivity contribution in [3.8, 4) is 0 Å². The van der Waals surface area contributed by atoms with Crippen LogP contribution in [-0.2, 0) is 22.8 Å². The van der Waals surface area contributed by atoms with Crippen LogP contribution in [0.4, 0.5) is 0 Å². The zero-order valence-corrected chi connectivity index (χ0v) is 40.1. The zero-order chi connectivity index (χ0) is 42.5. The van der Waals surface area contributed by atoms with Crippen LogP contribution in [0.15, 0.2) is 58.4 Å². The summed E-state index contributed by atoms with van der Waals surface area (Å²) >= 11 is 5.73. The monoisotopic (exact) mass is 1260 g/mol. The first-order valence-electron chi connectivity index (χ1n) is 10.4. The Balaban J connectivity index is -0.0000000762. The molecule has 8 N–H and O–H groups in total. The topological polar surface area (TPSA) is 419 Å². The molecule has 3 atom stereocenters. The van der Waals surface area contributed by atoms with Gasteiger partial charge in [0.25, 0.3) is 23.6 Å². The van der Waals surface area contributed by atoms with Crippen LogP contribution < -0.4 is 0 Å². The molecule has 37 heteroatoms. The highest BCUT2D eigenvalue weighted by molar-refractivity contribution is 14.2. The number of rotatable bonds is 2. The summed E-state index contributed by atoms with van der Waals surface area (Å²) in [6, 6.07) is 13.2. The average Bonchev–Trinajstić information content (AvgIpc) is 3.50. The fourth-order valence-corrected chi connectivity index (χ4v) is 2.35. The summed E-state index contributed by atoms with van der Waals surface area (Å²) < 4.78 is 42.3. The number of amides is 4. The maximum atomic E-state index is 11.1. The number of benzene rings is 2. The lowest BCUT2D eigenvalue weighted by Gasteiger charge is -1.99. The van der Waals surface area contributed by atoms with Gasteiger partial charge in [-0.25, -0.2) is 22.8 Å². The smallest absolute Gasteiger partial charge is 0.310 e. The quantitative estimate of drug-likeness (QED) is 0.0466. The van der Waals surface area contributed by atoms with Crippen LogP contribution in [0.25, 0.3) is 0 Å². The molecule has 2 aromatic carbocycles. The summed E-state index contributed by atoms with van der Waals surface area (Å²) in [6.07, 6.45) is 0.360. The van der Waals surface area contributed by atoms with E-state index >= 15 is 0 Å². The highest BCUT2D eigenvalue weighted by Crippen LogP contribution is 2.21. The number of carbonyl (C=O) groups is 4. The van der Waals surface area contributed by atoms with Gasteiger partial charge in [-0.1, -0.05) is 24.3 Å². The van der Waals surface area contributed by atoms with Gasteiger partial charge in [0.2, 0.25) is 0 Å². The minimum atomic E-state index is -0.833. The average molecular weight is 1260 g/mol. The lowest BCUT2D eigenvalue weighted by atomic mass is 10.1. The van der Waals surface area contributed by atoms with Crippen molar-refractivity contribution in [3.05, 3.63) is 90.5 Å². The van der Waals surface area contributed by atoms with Crippen molar-refractivity contribution in [2.24, 2.45) is 9.89 Å². The first kappa shape index (κ1) is 70.2. The molecule has 4 rings (SSSR count). The molecule has 0 aliphatic carbocycles. The van der Waals surface area contributed by atoms with E-state index < -0.39 is 67.1 Å². The van der Waals surface area contributed by atoms with Crippen molar-refractivity contribution < 1.29 is 76.9 Å². The summed E-state index contributed by atoms with van der Waals surface area (Å²) in [5.74, 6) is -2.63. The maximum Gasteiger partial charge on any atom is 0.324 e. The van der Waals surface area contributed by atoms with E-state index in [2.05, 4.69) is 9.89 Å². The van der Waals surface area contributed by atoms with E-state index in [1.165, 1.54) is 24.3 Å². The molecule has 2 aliphatic heterocycles. The highest BCUT2D eigenvalue weighted by Gasteiger charge is 2.34. The first-order valence-corrected chi connectivity index (χ1v) is 26.1. The van der Waals surface area contributed by atoms with E-state index in [1.54, 1.807) is 24.3 Å². The Hall–Kier alpha value is -0.680. The summed E-state index contributed by atoms with van der Waals surface area (Å²) in [5, 5.41) is 24.3. The van der Waals surface area contributed by atoms with Crippen LogP contribution in [0.1, 0.15) is 41.4 Å². The van der Waals surface area contributed by atoms with E-state index in [1.807, 2.05) is 66.1 Å². The molecule has 0 fully saturated rings. The zero-order valence-electron chi connectivity index (χ0n) is 24.9. The number of imide groups is 2. The predicted molar refractivity (Wildman–Crippen MR) is 224 cm³/mol. The number of nitroso groups, excluding NO2 is 2. The second kappa shape index (κ2) is 58.0. The number of hydroxylamine groups is 4. The fourth-order valence-electron chi connectivity index (χ4n) is 2.35. The van der Waals surface area contributed by atoms with Crippen LogP contribution in [0.3, 0.4) is 0 Å². The van der Waals surface area contributed by atoms with Crippen molar-refractivity contribution in [1.82, 2.24) is 10.1 Å². The first-order chi connectivity index (χ1) is 24.7. The third-order valence-electron chi connectivity index (χ3n) is 3.61. The Morgan fingerprint density at radius 1 is 0.547 bits per heavy atom. The molecule has 3 unspecified atom stereocenters. The molecule has 2 aromatic rings. The van der Waals surface area contributed by atoms with E-state index in [0.717, 1.165) is 0 Å². The van der Waals surface area contributed by atoms with Gasteiger partial charge in [-0.15, -0.1) is 19.9 Å². The third-order valence-corrected chi connectivity index (χ3v) is 4.93. The molecule has 0 spiro atoms. The lowest BCUT2D eigenvalue weighted by Crippen LogP contribution is -2.25. The Labute approximate surface area is 351 Å². The molecule has 0 bridgehead atoms. The summed E-state index contributed by atoms with van der Waals surface area (Å²) in [4.78, 5) is 116. The number of hydrogen-bond donors (Lipinski definition) is 8. The Morgan fingerprint density at radius 2 is 0.660 bits per heavy atom. The number of carbonyl (C=O) groups excluding carboxylic acids is 4. The van der Waals surface area contributed by atoms with Gasteiger partial charge in [0, 0.05) is 32.0 Å². The van der Waals surface area contributed by atoms with Gasteiger partial charge in [0.15, 0.2) is 0 Å². The van der Waals surface area contributed by atoms with E-state index in [-0.39, 0.29) is 55.0 Å². The Morgan fingerprint density at radius 3 is 0.755 bits per heavy atom. The number of halogens is 3. The van der Waals surface area contributed by atoms with Gasteiger partial charge < -0.3 is 24.5 Å². The summed E-state index contributed by atoms with van der Waals surface area (Å²) in [7, 11) is -4.17. The van der Waals surface area contributed by atoms with Crippen molar-refractivity contribution in [2.75, 3.05) is 0 Å². The molecule has 0 saturated carbocycles. The van der Waals surface area contributed by atoms with E-state index in [9.17, 15) is 19.2 Å².